The lowest BCUT2D eigenvalue weighted by Gasteiger charge is -2.37. The minimum atomic E-state index is -2.06. The molecule has 0 radical (unpaired) electrons. The number of hydrogen-bond donors (Lipinski definition) is 14. The number of thioether (sulfide) groups is 2. The van der Waals surface area contributed by atoms with Gasteiger partial charge in [-0.05, 0) is 122 Å². The Balaban J connectivity index is 0.997. The molecule has 9 rings (SSSR count). The average Bonchev–Trinajstić information content (AvgIpc) is 1.59. The Labute approximate surface area is 676 Å². The van der Waals surface area contributed by atoms with Gasteiger partial charge in [-0.3, -0.25) is 67.5 Å². The van der Waals surface area contributed by atoms with Crippen molar-refractivity contribution in [1.82, 2.24) is 62.7 Å². The molecule has 0 spiro atoms. The molecule has 1 unspecified atom stereocenters. The Bertz CT molecular complexity index is 4430. The number of ether oxygens (including phenoxy) is 4. The molecule has 1 saturated heterocycles. The molecule has 116 heavy (non-hydrogen) atoms. The van der Waals surface area contributed by atoms with E-state index in [-0.39, 0.29) is 93.4 Å². The summed E-state index contributed by atoms with van der Waals surface area (Å²) >= 11 is 2.75. The number of primary amides is 1. The van der Waals surface area contributed by atoms with Gasteiger partial charge in [0, 0.05) is 105 Å². The summed E-state index contributed by atoms with van der Waals surface area (Å²) in [5.74, 6) is -12.3. The molecule has 3 aliphatic heterocycles. The van der Waals surface area contributed by atoms with E-state index in [1.807, 2.05) is 24.3 Å². The van der Waals surface area contributed by atoms with Gasteiger partial charge < -0.3 is 92.6 Å². The topological polar surface area (TPSA) is 478 Å². The molecule has 16 N–H and O–H groups in total. The predicted octanol–water partition coefficient (Wildman–Crippen LogP) is 2.01. The van der Waals surface area contributed by atoms with E-state index in [1.54, 1.807) is 7.11 Å². The number of hydrogen-bond acceptors (Lipinski definition) is 20. The van der Waals surface area contributed by atoms with E-state index in [1.165, 1.54) is 109 Å². The molecule has 9 atom stereocenters. The number of amides is 11. The SMILES string of the molecule is COCCOCCOCCOCCC(=O)NCCCC[C@@H]1NC(=O)CCSCc2cccc(c2)CSC[C@@H](C(N)=O)NC(=O)[C@]2(C)CCCN2C(=O)[C@H](Cc2ccc(O)cc2)NC(=O)[C@H](Cc2c[nH+]c[nH]2)NC(=O)[C@H](CC(=O)O)NC(=O)[C@H](CC2C=Nc3ccc(F)cc32)NC(=O)[C@H](Cc2c[nH]c3ccc(F)cc23)NC(=O)CNC1=O. The van der Waals surface area contributed by atoms with Crippen LogP contribution in [-0.2, 0) is 107 Å². The minimum absolute atomic E-state index is 0.00502. The van der Waals surface area contributed by atoms with Crippen LogP contribution in [0.2, 0.25) is 0 Å². The first kappa shape index (κ1) is 89.1. The number of methoxy groups -OCH3 is 1. The zero-order valence-corrected chi connectivity index (χ0v) is 66.0. The fourth-order valence-electron chi connectivity index (χ4n) is 13.4. The molecular formula is C79H100F2N15O18S2+. The zero-order chi connectivity index (χ0) is 83.1. The number of phenols is 1. The number of carboxylic acid groups (broad SMARTS) is 1. The number of carbonyl (C=O) groups excluding carboxylic acids is 11. The largest absolute Gasteiger partial charge is 0.508 e. The summed E-state index contributed by atoms with van der Waals surface area (Å²) in [6.07, 6.45) is 4.20. The van der Waals surface area contributed by atoms with E-state index in [9.17, 15) is 48.6 Å². The molecule has 0 saturated carbocycles. The predicted molar refractivity (Wildman–Crippen MR) is 423 cm³/mol. The zero-order valence-electron chi connectivity index (χ0n) is 64.4. The number of nitrogens with two attached hydrogens (primary N) is 1. The van der Waals surface area contributed by atoms with Crippen molar-refractivity contribution >= 4 is 117 Å². The van der Waals surface area contributed by atoms with Gasteiger partial charge in [-0.15, -0.1) is 0 Å². The number of carboxylic acids is 1. The number of halogens is 2. The smallest absolute Gasteiger partial charge is 0.305 e. The highest BCUT2D eigenvalue weighted by Crippen LogP contribution is 2.36. The number of imidazole rings is 1. The number of aromatic hydroxyl groups is 1. The van der Waals surface area contributed by atoms with Crippen LogP contribution in [0.5, 0.6) is 5.75 Å². The third-order valence-corrected chi connectivity index (χ3v) is 21.8. The molecule has 6 aromatic rings. The Kier molecular flexibility index (Phi) is 34.5. The van der Waals surface area contributed by atoms with E-state index < -0.39 is 156 Å². The number of phenolic OH excluding ortho intramolecular Hbond substituents is 1. The van der Waals surface area contributed by atoms with Crippen molar-refractivity contribution in [2.75, 3.05) is 84.5 Å². The molecule has 11 amide bonds. The Morgan fingerprint density at radius 2 is 1.35 bits per heavy atom. The van der Waals surface area contributed by atoms with Crippen LogP contribution in [-0.4, -0.2) is 235 Å². The first-order valence-corrected chi connectivity index (χ1v) is 40.5. The van der Waals surface area contributed by atoms with Gasteiger partial charge in [-0.25, -0.2) is 13.8 Å². The lowest BCUT2D eigenvalue weighted by atomic mass is 9.92. The number of benzene rings is 4. The lowest BCUT2D eigenvalue weighted by molar-refractivity contribution is -0.376. The van der Waals surface area contributed by atoms with Gasteiger partial charge >= 0.3 is 5.97 Å². The number of nitrogens with zero attached hydrogens (tertiary/aromatic N) is 2. The summed E-state index contributed by atoms with van der Waals surface area (Å²) in [7, 11) is 1.58. The number of carbonyl (C=O) groups is 12. The minimum Gasteiger partial charge on any atom is -0.508 e. The maximum atomic E-state index is 15.3. The maximum Gasteiger partial charge on any atom is 0.305 e. The van der Waals surface area contributed by atoms with Crippen LogP contribution < -0.4 is 58.6 Å². The number of aromatic nitrogens is 3. The number of fused-ring (bicyclic) bond motifs is 5. The van der Waals surface area contributed by atoms with Gasteiger partial charge in [-0.2, -0.15) is 23.5 Å². The third-order valence-electron chi connectivity index (χ3n) is 19.7. The van der Waals surface area contributed by atoms with E-state index >= 15 is 28.0 Å². The summed E-state index contributed by atoms with van der Waals surface area (Å²) < 4.78 is 51.4. The van der Waals surface area contributed by atoms with Crippen molar-refractivity contribution in [2.24, 2.45) is 10.7 Å². The fourth-order valence-corrected chi connectivity index (χ4v) is 15.3. The molecule has 33 nitrogen and oxygen atoms in total. The first-order valence-electron chi connectivity index (χ1n) is 38.2. The molecular weight excluding hydrogens is 1550 g/mol. The standard InChI is InChI=1S/C79H99F2N15O18S2/c1-79-20-6-22-96(79)77(109)65(32-47-10-14-55(97)15-11-47)94-75(107)63(37-54-41-83-46-88-54)92-76(108)64(38-70(101)102)93-74(106)62(34-51-40-86-59-17-13-53(81)36-57(51)59)91-73(105)61(33-50-39-85-58-16-12-52(80)35-56(50)58)90-69(100)42-87-72(104)60(9-3-4-21-84-67(98)18-23-112-26-27-114-29-28-113-25-24-111-2)89-68(99)19-30-115-43-48-7-5-8-49(31-48)44-116-45-66(71(82)103)95-78(79)110/h5,7-8,10-17,31,35-36,39-41,46,51,60-66,85,97H,3-4,6,9,18-30,32-34,37-38,42-45H2,1-2H3,(H2,82,103)(H,83,88)(H,84,98)(H,87,104)(H,89,99)(H,90,100)(H,91,105)(H,92,108)(H,93,106)(H,94,107)(H,95,110)(H,101,102)/p+1/t51?,60-,61-,62-,63-,64-,65-,66-,79-/m0/s1. The highest BCUT2D eigenvalue weighted by molar-refractivity contribution is 7.98. The van der Waals surface area contributed by atoms with Crippen molar-refractivity contribution in [2.45, 2.75) is 149 Å². The van der Waals surface area contributed by atoms with E-state index in [4.69, 9.17) is 24.7 Å². The summed E-state index contributed by atoms with van der Waals surface area (Å²) in [4.78, 5) is 186. The molecule has 4 aromatic carbocycles. The Morgan fingerprint density at radius 3 is 2.07 bits per heavy atom. The van der Waals surface area contributed by atoms with Crippen molar-refractivity contribution in [3.8, 4) is 5.75 Å². The molecule has 1 fully saturated rings. The van der Waals surface area contributed by atoms with E-state index in [0.29, 0.717) is 97.4 Å². The van der Waals surface area contributed by atoms with Gasteiger partial charge in [0.25, 0.3) is 0 Å². The number of aromatic amines is 3. The molecule has 5 heterocycles. The monoisotopic (exact) mass is 1650 g/mol. The molecule has 2 bridgehead atoms. The highest BCUT2D eigenvalue weighted by atomic mass is 32.2. The van der Waals surface area contributed by atoms with Crippen molar-refractivity contribution in [3.05, 3.63) is 149 Å². The fraction of sp³-hybridized carbons (Fsp3) is 0.468. The van der Waals surface area contributed by atoms with E-state index in [2.05, 4.69) is 67.8 Å². The van der Waals surface area contributed by atoms with E-state index in [0.717, 1.165) is 23.3 Å². The Hall–Kier alpha value is -10.9. The number of nitrogens with one attached hydrogen (secondary N) is 12. The number of unbranched alkanes of at least 4 members (excludes halogenated alkanes) is 1. The lowest BCUT2D eigenvalue weighted by Crippen LogP contribution is -2.63. The van der Waals surface area contributed by atoms with Crippen LogP contribution in [0.15, 0.2) is 109 Å². The van der Waals surface area contributed by atoms with Gasteiger partial charge in [0.05, 0.1) is 64.9 Å². The number of rotatable bonds is 28. The summed E-state index contributed by atoms with van der Waals surface area (Å²) in [5, 5.41) is 44.9. The van der Waals surface area contributed by atoms with Crippen molar-refractivity contribution in [1.29, 1.82) is 0 Å². The summed E-state index contributed by atoms with van der Waals surface area (Å²) in [6, 6.07) is 9.61. The van der Waals surface area contributed by atoms with Gasteiger partial charge in [0.15, 0.2) is 0 Å². The third kappa shape index (κ3) is 27.4. The van der Waals surface area contributed by atoms with Crippen molar-refractivity contribution in [3.63, 3.8) is 0 Å². The van der Waals surface area contributed by atoms with Crippen LogP contribution in [0.25, 0.3) is 10.9 Å². The number of aliphatic imine (C=N–C) groups is 1. The maximum absolute atomic E-state index is 15.3. The van der Waals surface area contributed by atoms with Crippen LogP contribution in [0.4, 0.5) is 14.5 Å². The van der Waals surface area contributed by atoms with Crippen LogP contribution in [0, 0.1) is 11.6 Å². The van der Waals surface area contributed by atoms with Crippen LogP contribution >= 0.6 is 23.5 Å². The quantitative estimate of drug-likeness (QED) is 0.0312. The second-order valence-electron chi connectivity index (χ2n) is 28.4. The summed E-state index contributed by atoms with van der Waals surface area (Å²) in [5.41, 5.74) is 8.08. The molecule has 3 aliphatic rings. The van der Waals surface area contributed by atoms with Gasteiger partial charge in [-0.1, -0.05) is 36.4 Å². The average molecular weight is 1650 g/mol. The number of H-pyrrole nitrogens is 3. The normalized spacial score (nSPS) is 22.2. The molecule has 0 aliphatic carbocycles. The Morgan fingerprint density at radius 1 is 0.698 bits per heavy atom. The van der Waals surface area contributed by atoms with Crippen LogP contribution in [0.3, 0.4) is 0 Å². The first-order chi connectivity index (χ1) is 55.8. The highest BCUT2D eigenvalue weighted by Gasteiger charge is 2.49. The van der Waals surface area contributed by atoms with Crippen LogP contribution in [0.1, 0.15) is 104 Å². The number of aliphatic carboxylic acids is 1. The van der Waals surface area contributed by atoms with Gasteiger partial charge in [0.1, 0.15) is 77.1 Å². The molecule has 2 aromatic heterocycles. The van der Waals surface area contributed by atoms with Crippen molar-refractivity contribution < 1.29 is 100 Å². The molecule has 624 valence electrons. The second kappa shape index (κ2) is 44.9. The molecule has 37 heteroatoms. The second-order valence-corrected chi connectivity index (χ2v) is 30.5. The summed E-state index contributed by atoms with van der Waals surface area (Å²) in [6.45, 7) is 3.28. The van der Waals surface area contributed by atoms with Gasteiger partial charge in [0.2, 0.25) is 71.3 Å².